The summed E-state index contributed by atoms with van der Waals surface area (Å²) in [6.45, 7) is -0.257. The number of para-hydroxylation sites is 1. The summed E-state index contributed by atoms with van der Waals surface area (Å²) in [6, 6.07) is 26.0. The monoisotopic (exact) mass is 485 g/mol. The molecule has 7 nitrogen and oxygen atoms in total. The Bertz CT molecular complexity index is 1410. The molecule has 174 valence electrons. The second-order valence-electron chi connectivity index (χ2n) is 7.44. The number of fused-ring (bicyclic) bond motifs is 1. The number of esters is 1. The van der Waals surface area contributed by atoms with E-state index in [0.29, 0.717) is 21.7 Å². The van der Waals surface area contributed by atoms with Crippen LogP contribution in [-0.2, 0) is 4.79 Å². The molecule has 35 heavy (non-hydrogen) atoms. The van der Waals surface area contributed by atoms with E-state index in [4.69, 9.17) is 16.3 Å². The van der Waals surface area contributed by atoms with E-state index in [1.54, 1.807) is 60.7 Å². The Morgan fingerprint density at radius 2 is 1.57 bits per heavy atom. The second kappa shape index (κ2) is 11.1. The van der Waals surface area contributed by atoms with Crippen LogP contribution in [0.3, 0.4) is 0 Å². The van der Waals surface area contributed by atoms with Gasteiger partial charge in [-0.2, -0.15) is 5.10 Å². The zero-order valence-electron chi connectivity index (χ0n) is 18.4. The lowest BCUT2D eigenvalue weighted by Crippen LogP contribution is -2.35. The number of amides is 2. The highest BCUT2D eigenvalue weighted by molar-refractivity contribution is 6.30. The molecular formula is C27H20ClN3O4. The Morgan fingerprint density at radius 1 is 0.857 bits per heavy atom. The van der Waals surface area contributed by atoms with Crippen LogP contribution >= 0.6 is 11.6 Å². The summed E-state index contributed by atoms with van der Waals surface area (Å²) in [4.78, 5) is 37.1. The number of nitrogens with one attached hydrogen (secondary N) is 2. The van der Waals surface area contributed by atoms with E-state index in [2.05, 4.69) is 15.8 Å². The number of carbonyl (C=O) groups is 3. The van der Waals surface area contributed by atoms with E-state index < -0.39 is 11.9 Å². The summed E-state index contributed by atoms with van der Waals surface area (Å²) in [5, 5.41) is 8.75. The predicted octanol–water partition coefficient (Wildman–Crippen LogP) is 4.59. The van der Waals surface area contributed by atoms with Crippen LogP contribution < -0.4 is 15.5 Å². The van der Waals surface area contributed by atoms with Crippen LogP contribution in [0.15, 0.2) is 96.1 Å². The third-order valence-corrected chi connectivity index (χ3v) is 5.29. The van der Waals surface area contributed by atoms with E-state index in [0.717, 1.165) is 10.8 Å². The minimum absolute atomic E-state index is 0.257. The Kier molecular flexibility index (Phi) is 7.50. The van der Waals surface area contributed by atoms with Gasteiger partial charge in [-0.05, 0) is 53.2 Å². The predicted molar refractivity (Wildman–Crippen MR) is 135 cm³/mol. The Hall–Kier alpha value is -4.49. The summed E-state index contributed by atoms with van der Waals surface area (Å²) in [6.07, 6.45) is 1.36. The van der Waals surface area contributed by atoms with Crippen LogP contribution in [0.4, 0.5) is 0 Å². The maximum absolute atomic E-state index is 12.6. The fourth-order valence-corrected chi connectivity index (χ4v) is 3.44. The van der Waals surface area contributed by atoms with Crippen molar-refractivity contribution in [1.82, 2.24) is 10.7 Å². The normalized spacial score (nSPS) is 10.8. The van der Waals surface area contributed by atoms with Crippen molar-refractivity contribution in [3.8, 4) is 5.75 Å². The van der Waals surface area contributed by atoms with Crippen molar-refractivity contribution in [2.24, 2.45) is 5.10 Å². The van der Waals surface area contributed by atoms with E-state index in [9.17, 15) is 14.4 Å². The van der Waals surface area contributed by atoms with Crippen molar-refractivity contribution in [1.29, 1.82) is 0 Å². The fraction of sp³-hybridized carbons (Fsp3) is 0.0370. The molecule has 0 unspecified atom stereocenters. The van der Waals surface area contributed by atoms with E-state index >= 15 is 0 Å². The Balaban J connectivity index is 1.34. The molecule has 2 amide bonds. The quantitative estimate of drug-likeness (QED) is 0.173. The maximum atomic E-state index is 12.6. The molecule has 2 N–H and O–H groups in total. The highest BCUT2D eigenvalue weighted by Crippen LogP contribution is 2.19. The molecule has 0 atom stereocenters. The molecule has 0 saturated carbocycles. The van der Waals surface area contributed by atoms with E-state index in [1.165, 1.54) is 6.21 Å². The topological polar surface area (TPSA) is 96.9 Å². The summed E-state index contributed by atoms with van der Waals surface area (Å²) in [5.74, 6) is -1.15. The van der Waals surface area contributed by atoms with Gasteiger partial charge >= 0.3 is 5.97 Å². The standard InChI is InChI=1S/C27H20ClN3O4/c28-21-14-12-19(13-15-21)27(34)35-24-11-4-2-7-20(24)16-30-31-25(32)17-29-26(33)23-10-5-8-18-6-1-3-9-22(18)23/h1-16H,17H2,(H,29,33)(H,31,32)/b30-16-. The molecule has 4 aromatic carbocycles. The van der Waals surface area contributed by atoms with Crippen LogP contribution in [0.1, 0.15) is 26.3 Å². The first kappa shape index (κ1) is 23.7. The molecule has 0 fully saturated rings. The molecule has 0 spiro atoms. The van der Waals surface area contributed by atoms with Gasteiger partial charge in [0, 0.05) is 16.1 Å². The molecule has 0 radical (unpaired) electrons. The first-order valence-electron chi connectivity index (χ1n) is 10.7. The number of hydrogen-bond donors (Lipinski definition) is 2. The van der Waals surface area contributed by atoms with Gasteiger partial charge in [-0.15, -0.1) is 0 Å². The van der Waals surface area contributed by atoms with Crippen molar-refractivity contribution in [3.63, 3.8) is 0 Å². The second-order valence-corrected chi connectivity index (χ2v) is 7.87. The molecule has 8 heteroatoms. The summed E-state index contributed by atoms with van der Waals surface area (Å²) >= 11 is 5.85. The van der Waals surface area contributed by atoms with Gasteiger partial charge < -0.3 is 10.1 Å². The SMILES string of the molecule is O=C(CNC(=O)c1cccc2ccccc12)N/N=C\c1ccccc1OC(=O)c1ccc(Cl)cc1. The van der Waals surface area contributed by atoms with Gasteiger partial charge in [-0.3, -0.25) is 9.59 Å². The molecular weight excluding hydrogens is 466 g/mol. The number of hydrazone groups is 1. The van der Waals surface area contributed by atoms with E-state index in [1.807, 2.05) is 30.3 Å². The van der Waals surface area contributed by atoms with Crippen molar-refractivity contribution < 1.29 is 19.1 Å². The van der Waals surface area contributed by atoms with Crippen molar-refractivity contribution in [2.45, 2.75) is 0 Å². The van der Waals surface area contributed by atoms with Crippen molar-refractivity contribution >= 4 is 46.4 Å². The zero-order valence-corrected chi connectivity index (χ0v) is 19.2. The lowest BCUT2D eigenvalue weighted by atomic mass is 10.0. The average Bonchev–Trinajstić information content (AvgIpc) is 2.88. The molecule has 0 aromatic heterocycles. The molecule has 4 rings (SSSR count). The molecule has 0 aliphatic rings. The third kappa shape index (κ3) is 6.10. The number of ether oxygens (including phenoxy) is 1. The molecule has 0 aliphatic heterocycles. The smallest absolute Gasteiger partial charge is 0.343 e. The largest absolute Gasteiger partial charge is 0.422 e. The molecule has 0 heterocycles. The van der Waals surface area contributed by atoms with Crippen LogP contribution in [0.25, 0.3) is 10.8 Å². The van der Waals surface area contributed by atoms with Crippen molar-refractivity contribution in [3.05, 3.63) is 113 Å². The van der Waals surface area contributed by atoms with Gasteiger partial charge in [0.2, 0.25) is 0 Å². The van der Waals surface area contributed by atoms with Crippen LogP contribution in [0.2, 0.25) is 5.02 Å². The third-order valence-electron chi connectivity index (χ3n) is 5.04. The van der Waals surface area contributed by atoms with Crippen LogP contribution in [-0.4, -0.2) is 30.5 Å². The van der Waals surface area contributed by atoms with E-state index in [-0.39, 0.29) is 18.2 Å². The molecule has 0 saturated heterocycles. The minimum atomic E-state index is -0.553. The molecule has 4 aromatic rings. The van der Waals surface area contributed by atoms with Crippen molar-refractivity contribution in [2.75, 3.05) is 6.54 Å². The highest BCUT2D eigenvalue weighted by Gasteiger charge is 2.12. The van der Waals surface area contributed by atoms with Gasteiger partial charge in [-0.25, -0.2) is 10.2 Å². The Labute approximate surface area is 206 Å². The zero-order chi connectivity index (χ0) is 24.6. The number of benzene rings is 4. The highest BCUT2D eigenvalue weighted by atomic mass is 35.5. The van der Waals surface area contributed by atoms with Crippen LogP contribution in [0.5, 0.6) is 5.75 Å². The van der Waals surface area contributed by atoms with Gasteiger partial charge in [0.05, 0.1) is 18.3 Å². The average molecular weight is 486 g/mol. The van der Waals surface area contributed by atoms with Gasteiger partial charge in [-0.1, -0.05) is 60.1 Å². The van der Waals surface area contributed by atoms with Gasteiger partial charge in [0.25, 0.3) is 11.8 Å². The Morgan fingerprint density at radius 3 is 2.40 bits per heavy atom. The first-order chi connectivity index (χ1) is 17.0. The summed E-state index contributed by atoms with van der Waals surface area (Å²) in [5.41, 5.74) is 3.66. The lowest BCUT2D eigenvalue weighted by molar-refractivity contribution is -0.120. The number of nitrogens with zero attached hydrogens (tertiary/aromatic N) is 1. The number of rotatable bonds is 7. The number of hydrogen-bond acceptors (Lipinski definition) is 5. The lowest BCUT2D eigenvalue weighted by Gasteiger charge is -2.08. The maximum Gasteiger partial charge on any atom is 0.343 e. The summed E-state index contributed by atoms with van der Waals surface area (Å²) in [7, 11) is 0. The summed E-state index contributed by atoms with van der Waals surface area (Å²) < 4.78 is 5.45. The minimum Gasteiger partial charge on any atom is -0.422 e. The fourth-order valence-electron chi connectivity index (χ4n) is 3.32. The molecule has 0 aliphatic carbocycles. The number of carbonyl (C=O) groups excluding carboxylic acids is 3. The van der Waals surface area contributed by atoms with Gasteiger partial charge in [0.15, 0.2) is 0 Å². The number of halogens is 1. The molecule has 0 bridgehead atoms. The first-order valence-corrected chi connectivity index (χ1v) is 11.0. The van der Waals surface area contributed by atoms with Crippen LogP contribution in [0, 0.1) is 0 Å². The van der Waals surface area contributed by atoms with Gasteiger partial charge in [0.1, 0.15) is 5.75 Å².